The predicted octanol–water partition coefficient (Wildman–Crippen LogP) is 6.13. The van der Waals surface area contributed by atoms with Crippen molar-refractivity contribution in [2.45, 2.75) is 6.43 Å². The molecular weight excluding hydrogens is 438 g/mol. The van der Waals surface area contributed by atoms with Crippen molar-refractivity contribution in [2.24, 2.45) is 0 Å². The summed E-state index contributed by atoms with van der Waals surface area (Å²) in [5.74, 6) is -4.40. The summed E-state index contributed by atoms with van der Waals surface area (Å²) in [6.07, 6.45) is -2.45. The summed E-state index contributed by atoms with van der Waals surface area (Å²) in [5, 5.41) is 10.7. The fourth-order valence-electron chi connectivity index (χ4n) is 2.58. The molecule has 0 saturated carbocycles. The molecule has 1 N–H and O–H groups in total. The Balaban J connectivity index is 2.19. The molecule has 2 heterocycles. The highest BCUT2D eigenvalue weighted by molar-refractivity contribution is 7.17. The molecule has 0 fully saturated rings. The number of halogens is 5. The number of rotatable bonds is 5. The minimum atomic E-state index is -3.34. The number of carboxylic acids is 1. The molecule has 1 aromatic carbocycles. The number of Topliss-reactive ketones (excluding diaryl/α,β-unsaturated/α-hetero) is 1. The molecule has 0 bridgehead atoms. The highest BCUT2D eigenvalue weighted by Crippen LogP contribution is 2.34. The lowest BCUT2D eigenvalue weighted by molar-refractivity contribution is 0.0698. The van der Waals surface area contributed by atoms with Crippen molar-refractivity contribution >= 4 is 62.0 Å². The highest BCUT2D eigenvalue weighted by atomic mass is 35.5. The average molecular weight is 446 g/mol. The first kappa shape index (κ1) is 20.3. The van der Waals surface area contributed by atoms with Crippen molar-refractivity contribution < 1.29 is 27.9 Å². The first-order valence-corrected chi connectivity index (χ1v) is 9.12. The molecular formula is C18H8Cl2F3NO3S. The summed E-state index contributed by atoms with van der Waals surface area (Å²) < 4.78 is 42.2. The van der Waals surface area contributed by atoms with Crippen molar-refractivity contribution in [1.29, 1.82) is 0 Å². The molecule has 0 saturated heterocycles. The summed E-state index contributed by atoms with van der Waals surface area (Å²) in [7, 11) is 0. The van der Waals surface area contributed by atoms with Gasteiger partial charge in [0.25, 0.3) is 6.43 Å². The monoisotopic (exact) mass is 445 g/mol. The van der Waals surface area contributed by atoms with Gasteiger partial charge in [0.1, 0.15) is 5.69 Å². The predicted molar refractivity (Wildman–Crippen MR) is 101 cm³/mol. The zero-order valence-electron chi connectivity index (χ0n) is 13.6. The number of fused-ring (bicyclic) bond motifs is 1. The third kappa shape index (κ3) is 3.76. The van der Waals surface area contributed by atoms with E-state index in [1.54, 1.807) is 0 Å². The molecule has 0 amide bonds. The zero-order chi connectivity index (χ0) is 20.6. The summed E-state index contributed by atoms with van der Waals surface area (Å²) in [6.45, 7) is 0. The normalized spacial score (nSPS) is 12.4. The van der Waals surface area contributed by atoms with Gasteiger partial charge in [0.15, 0.2) is 5.83 Å². The van der Waals surface area contributed by atoms with E-state index in [9.17, 15) is 27.9 Å². The number of carbonyl (C=O) groups excluding carboxylic acids is 1. The van der Waals surface area contributed by atoms with Gasteiger partial charge in [-0.1, -0.05) is 23.2 Å². The van der Waals surface area contributed by atoms with Crippen LogP contribution < -0.4 is 0 Å². The van der Waals surface area contributed by atoms with E-state index in [4.69, 9.17) is 23.2 Å². The van der Waals surface area contributed by atoms with Gasteiger partial charge in [-0.2, -0.15) is 0 Å². The molecule has 3 rings (SSSR count). The lowest BCUT2D eigenvalue weighted by Gasteiger charge is -2.10. The highest BCUT2D eigenvalue weighted by Gasteiger charge is 2.28. The Labute approximate surface area is 169 Å². The van der Waals surface area contributed by atoms with Gasteiger partial charge in [0, 0.05) is 21.6 Å². The first-order chi connectivity index (χ1) is 13.2. The van der Waals surface area contributed by atoms with Crippen molar-refractivity contribution in [1.82, 2.24) is 4.98 Å². The number of aromatic carboxylic acids is 1. The summed E-state index contributed by atoms with van der Waals surface area (Å²) in [4.78, 5) is 27.5. The number of aromatic nitrogens is 1. The molecule has 0 atom stereocenters. The van der Waals surface area contributed by atoms with Gasteiger partial charge < -0.3 is 5.11 Å². The van der Waals surface area contributed by atoms with Gasteiger partial charge in [-0.05, 0) is 35.2 Å². The number of ketones is 1. The lowest BCUT2D eigenvalue weighted by Crippen LogP contribution is -2.10. The molecule has 0 aliphatic carbocycles. The second-order valence-corrected chi connectivity index (χ2v) is 7.29. The number of hydrogen-bond acceptors (Lipinski definition) is 4. The van der Waals surface area contributed by atoms with Crippen LogP contribution in [0, 0.1) is 0 Å². The first-order valence-electron chi connectivity index (χ1n) is 7.49. The van der Waals surface area contributed by atoms with Crippen LogP contribution in [-0.2, 0) is 0 Å². The number of hydrogen-bond donors (Lipinski definition) is 1. The number of alkyl halides is 2. The Bertz CT molecular complexity index is 1120. The van der Waals surface area contributed by atoms with E-state index < -0.39 is 35.3 Å². The fraction of sp³-hybridized carbons (Fsp3) is 0.0556. The maximum Gasteiger partial charge on any atom is 0.338 e. The summed E-state index contributed by atoms with van der Waals surface area (Å²) in [5.41, 5.74) is -2.17. The van der Waals surface area contributed by atoms with E-state index in [2.05, 4.69) is 4.98 Å². The maximum atomic E-state index is 14.9. The van der Waals surface area contributed by atoms with Crippen LogP contribution in [0.1, 0.15) is 26.4 Å². The standard InChI is InChI=1S/C18H8Cl2F3NO3S/c19-8-3-7(4-9(20)5-8)12(17(22)23)13(21)15(25)14-10-1-2-28-16(10)11(6-24-14)18(26)27/h1-6,17H,(H,26,27)/b13-12-. The molecule has 0 aliphatic rings. The largest absolute Gasteiger partial charge is 0.478 e. The number of allylic oxidation sites excluding steroid dienone is 2. The van der Waals surface area contributed by atoms with Gasteiger partial charge in [-0.15, -0.1) is 11.3 Å². The Morgan fingerprint density at radius 1 is 1.14 bits per heavy atom. The van der Waals surface area contributed by atoms with Crippen LogP contribution in [0.25, 0.3) is 15.7 Å². The van der Waals surface area contributed by atoms with Crippen LogP contribution in [0.15, 0.2) is 41.7 Å². The van der Waals surface area contributed by atoms with E-state index in [0.717, 1.165) is 29.7 Å². The third-order valence-corrected chi connectivity index (χ3v) is 5.14. The Morgan fingerprint density at radius 3 is 2.36 bits per heavy atom. The molecule has 3 aromatic rings. The van der Waals surface area contributed by atoms with Crippen molar-refractivity contribution in [3.05, 3.63) is 68.5 Å². The van der Waals surface area contributed by atoms with Crippen molar-refractivity contribution in [2.75, 3.05) is 0 Å². The number of benzene rings is 1. The number of nitrogens with zero attached hydrogens (tertiary/aromatic N) is 1. The van der Waals surface area contributed by atoms with Crippen LogP contribution in [0.4, 0.5) is 13.2 Å². The fourth-order valence-corrected chi connectivity index (χ4v) is 4.00. The number of pyridine rings is 1. The molecule has 0 radical (unpaired) electrons. The van der Waals surface area contributed by atoms with E-state index in [1.165, 1.54) is 17.5 Å². The average Bonchev–Trinajstić information content (AvgIpc) is 3.08. The topological polar surface area (TPSA) is 67.3 Å². The van der Waals surface area contributed by atoms with E-state index in [1.807, 2.05) is 0 Å². The quantitative estimate of drug-likeness (QED) is 0.378. The van der Waals surface area contributed by atoms with Crippen LogP contribution in [0.3, 0.4) is 0 Å². The summed E-state index contributed by atoms with van der Waals surface area (Å²) in [6, 6.07) is 4.76. The Hall–Kier alpha value is -2.42. The smallest absolute Gasteiger partial charge is 0.338 e. The van der Waals surface area contributed by atoms with Gasteiger partial charge in [0.2, 0.25) is 5.78 Å². The SMILES string of the molecule is O=C(/C(F)=C(\c1cc(Cl)cc(Cl)c1)C(F)F)c1ncc(C(=O)O)c2sccc12. The molecule has 144 valence electrons. The van der Waals surface area contributed by atoms with Crippen LogP contribution in [0.5, 0.6) is 0 Å². The summed E-state index contributed by atoms with van der Waals surface area (Å²) >= 11 is 12.6. The lowest BCUT2D eigenvalue weighted by atomic mass is 10.0. The molecule has 10 heteroatoms. The van der Waals surface area contributed by atoms with Gasteiger partial charge in [-0.25, -0.2) is 18.0 Å². The van der Waals surface area contributed by atoms with E-state index in [-0.39, 0.29) is 31.3 Å². The van der Waals surface area contributed by atoms with Gasteiger partial charge in [0.05, 0.1) is 15.8 Å². The van der Waals surface area contributed by atoms with Crippen LogP contribution in [0.2, 0.25) is 10.0 Å². The Morgan fingerprint density at radius 2 is 1.79 bits per heavy atom. The van der Waals surface area contributed by atoms with Crippen molar-refractivity contribution in [3.63, 3.8) is 0 Å². The minimum Gasteiger partial charge on any atom is -0.478 e. The number of carbonyl (C=O) groups is 2. The van der Waals surface area contributed by atoms with Gasteiger partial charge >= 0.3 is 5.97 Å². The molecule has 4 nitrogen and oxygen atoms in total. The molecule has 0 unspecified atom stereocenters. The van der Waals surface area contributed by atoms with Crippen LogP contribution >= 0.6 is 34.5 Å². The molecule has 0 aliphatic heterocycles. The Kier molecular flexibility index (Phi) is 5.74. The second-order valence-electron chi connectivity index (χ2n) is 5.50. The minimum absolute atomic E-state index is 0.00920. The molecule has 0 spiro atoms. The molecule has 2 aromatic heterocycles. The number of thiophene rings is 1. The number of carboxylic acid groups (broad SMARTS) is 1. The van der Waals surface area contributed by atoms with Gasteiger partial charge in [-0.3, -0.25) is 9.78 Å². The van der Waals surface area contributed by atoms with Crippen molar-refractivity contribution in [3.8, 4) is 0 Å². The third-order valence-electron chi connectivity index (χ3n) is 3.76. The zero-order valence-corrected chi connectivity index (χ0v) is 15.9. The second kappa shape index (κ2) is 7.90. The van der Waals surface area contributed by atoms with E-state index in [0.29, 0.717) is 0 Å². The molecule has 28 heavy (non-hydrogen) atoms. The maximum absolute atomic E-state index is 14.9. The van der Waals surface area contributed by atoms with E-state index >= 15 is 0 Å². The van der Waals surface area contributed by atoms with Crippen LogP contribution in [-0.4, -0.2) is 28.3 Å².